The van der Waals surface area contributed by atoms with Gasteiger partial charge in [-0.15, -0.1) is 0 Å². The number of carbonyl (C=O) groups is 1. The quantitative estimate of drug-likeness (QED) is 0.868. The summed E-state index contributed by atoms with van der Waals surface area (Å²) in [6, 6.07) is 3.81. The van der Waals surface area contributed by atoms with Crippen molar-refractivity contribution in [3.8, 4) is 5.88 Å². The van der Waals surface area contributed by atoms with Gasteiger partial charge in [-0.1, -0.05) is 26.2 Å². The Bertz CT molecular complexity index is 431. The number of hydrogen-bond donors (Lipinski definition) is 1. The number of nitrogens with one attached hydrogen (secondary N) is 1. The largest absolute Gasteiger partial charge is 0.481 e. The lowest BCUT2D eigenvalue weighted by molar-refractivity contribution is 0.0926. The van der Waals surface area contributed by atoms with Crippen molar-refractivity contribution in [3.05, 3.63) is 23.9 Å². The molecule has 0 bridgehead atoms. The van der Waals surface area contributed by atoms with Gasteiger partial charge in [0.2, 0.25) is 5.88 Å². The lowest BCUT2D eigenvalue weighted by atomic mass is 9.96. The van der Waals surface area contributed by atoms with Crippen molar-refractivity contribution < 1.29 is 9.53 Å². The molecule has 20 heavy (non-hydrogen) atoms. The van der Waals surface area contributed by atoms with Crippen LogP contribution in [0, 0.1) is 5.92 Å². The first kappa shape index (κ1) is 14.8. The van der Waals surface area contributed by atoms with E-state index < -0.39 is 0 Å². The summed E-state index contributed by atoms with van der Waals surface area (Å²) in [5.74, 6) is 1.15. The predicted molar refractivity (Wildman–Crippen MR) is 78.9 cm³/mol. The average molecular weight is 276 g/mol. The van der Waals surface area contributed by atoms with E-state index in [1.165, 1.54) is 32.1 Å². The maximum absolute atomic E-state index is 12.2. The molecule has 1 N–H and O–H groups in total. The van der Waals surface area contributed by atoms with Crippen molar-refractivity contribution in [1.82, 2.24) is 10.3 Å². The second kappa shape index (κ2) is 7.27. The zero-order valence-corrected chi connectivity index (χ0v) is 12.4. The minimum Gasteiger partial charge on any atom is -0.481 e. The van der Waals surface area contributed by atoms with Crippen molar-refractivity contribution in [2.75, 3.05) is 7.11 Å². The first-order chi connectivity index (χ1) is 9.74. The summed E-state index contributed by atoms with van der Waals surface area (Å²) in [5.41, 5.74) is 0.604. The van der Waals surface area contributed by atoms with Crippen LogP contribution < -0.4 is 10.1 Å². The van der Waals surface area contributed by atoms with Crippen LogP contribution in [0.25, 0.3) is 0 Å². The van der Waals surface area contributed by atoms with Crippen LogP contribution in [0.3, 0.4) is 0 Å². The molecule has 1 aliphatic carbocycles. The minimum atomic E-state index is -0.0199. The van der Waals surface area contributed by atoms with Crippen LogP contribution in [0.1, 0.15) is 55.8 Å². The molecule has 1 heterocycles. The van der Waals surface area contributed by atoms with Gasteiger partial charge in [0.05, 0.1) is 12.7 Å². The molecule has 4 nitrogen and oxygen atoms in total. The monoisotopic (exact) mass is 276 g/mol. The van der Waals surface area contributed by atoms with Crippen LogP contribution in [-0.2, 0) is 0 Å². The SMILES string of the molecule is CCCCC1CCCC1NC(=O)c1ccc(OC)nc1. The number of ether oxygens (including phenoxy) is 1. The molecule has 1 aliphatic rings. The Morgan fingerprint density at radius 1 is 1.45 bits per heavy atom. The Balaban J connectivity index is 1.92. The summed E-state index contributed by atoms with van der Waals surface area (Å²) in [6.07, 6.45) is 8.84. The number of pyridine rings is 1. The molecule has 2 unspecified atom stereocenters. The minimum absolute atomic E-state index is 0.0199. The molecular formula is C16H24N2O2. The number of unbranched alkanes of at least 4 members (excludes halogenated alkanes) is 1. The smallest absolute Gasteiger partial charge is 0.253 e. The van der Waals surface area contributed by atoms with E-state index in [9.17, 15) is 4.79 Å². The fraction of sp³-hybridized carbons (Fsp3) is 0.625. The molecule has 0 saturated heterocycles. The van der Waals surface area contributed by atoms with Gasteiger partial charge in [0.15, 0.2) is 0 Å². The predicted octanol–water partition coefficient (Wildman–Crippen LogP) is 3.18. The number of aromatic nitrogens is 1. The normalized spacial score (nSPS) is 21.7. The van der Waals surface area contributed by atoms with Gasteiger partial charge in [-0.3, -0.25) is 4.79 Å². The molecule has 1 aromatic heterocycles. The van der Waals surface area contributed by atoms with Crippen molar-refractivity contribution >= 4 is 5.91 Å². The number of carbonyl (C=O) groups excluding carboxylic acids is 1. The highest BCUT2D eigenvalue weighted by molar-refractivity contribution is 5.94. The Morgan fingerprint density at radius 3 is 2.95 bits per heavy atom. The summed E-state index contributed by atoms with van der Waals surface area (Å²) in [7, 11) is 1.57. The second-order valence-electron chi connectivity index (χ2n) is 5.50. The van der Waals surface area contributed by atoms with E-state index in [4.69, 9.17) is 4.74 Å². The number of nitrogens with zero attached hydrogens (tertiary/aromatic N) is 1. The van der Waals surface area contributed by atoms with E-state index in [-0.39, 0.29) is 5.91 Å². The molecule has 0 radical (unpaired) electrons. The van der Waals surface area contributed by atoms with E-state index >= 15 is 0 Å². The van der Waals surface area contributed by atoms with E-state index in [0.29, 0.717) is 23.4 Å². The first-order valence-corrected chi connectivity index (χ1v) is 7.55. The number of rotatable bonds is 6. The van der Waals surface area contributed by atoms with Gasteiger partial charge in [0.1, 0.15) is 0 Å². The van der Waals surface area contributed by atoms with Crippen molar-refractivity contribution in [2.45, 2.75) is 51.5 Å². The molecule has 110 valence electrons. The standard InChI is InChI=1S/C16H24N2O2/c1-3-4-6-12-7-5-8-14(12)18-16(19)13-9-10-15(20-2)17-11-13/h9-12,14H,3-8H2,1-2H3,(H,18,19). The molecule has 1 amide bonds. The van der Waals surface area contributed by atoms with E-state index in [0.717, 1.165) is 6.42 Å². The number of methoxy groups -OCH3 is 1. The van der Waals surface area contributed by atoms with Gasteiger partial charge in [-0.2, -0.15) is 0 Å². The molecule has 4 heteroatoms. The fourth-order valence-corrected chi connectivity index (χ4v) is 2.93. The molecule has 2 rings (SSSR count). The summed E-state index contributed by atoms with van der Waals surface area (Å²) >= 11 is 0. The zero-order valence-electron chi connectivity index (χ0n) is 12.4. The number of amides is 1. The third kappa shape index (κ3) is 3.71. The highest BCUT2D eigenvalue weighted by Crippen LogP contribution is 2.30. The molecule has 0 aromatic carbocycles. The van der Waals surface area contributed by atoms with E-state index in [1.807, 2.05) is 0 Å². The topological polar surface area (TPSA) is 51.2 Å². The Morgan fingerprint density at radius 2 is 2.30 bits per heavy atom. The van der Waals surface area contributed by atoms with Gasteiger partial charge in [-0.05, 0) is 31.2 Å². The van der Waals surface area contributed by atoms with Crippen molar-refractivity contribution in [3.63, 3.8) is 0 Å². The molecule has 1 fully saturated rings. The summed E-state index contributed by atoms with van der Waals surface area (Å²) in [6.45, 7) is 2.21. The highest BCUT2D eigenvalue weighted by Gasteiger charge is 2.28. The number of hydrogen-bond acceptors (Lipinski definition) is 3. The van der Waals surface area contributed by atoms with Crippen LogP contribution in [0.4, 0.5) is 0 Å². The lowest BCUT2D eigenvalue weighted by Gasteiger charge is -2.20. The molecular weight excluding hydrogens is 252 g/mol. The van der Waals surface area contributed by atoms with Gasteiger partial charge in [0.25, 0.3) is 5.91 Å². The lowest BCUT2D eigenvalue weighted by Crippen LogP contribution is -2.37. The van der Waals surface area contributed by atoms with Crippen LogP contribution in [-0.4, -0.2) is 24.0 Å². The average Bonchev–Trinajstić information content (AvgIpc) is 2.92. The van der Waals surface area contributed by atoms with Crippen LogP contribution >= 0.6 is 0 Å². The molecule has 0 aliphatic heterocycles. The zero-order chi connectivity index (χ0) is 14.4. The Hall–Kier alpha value is -1.58. The van der Waals surface area contributed by atoms with Crippen LogP contribution in [0.5, 0.6) is 5.88 Å². The fourth-order valence-electron chi connectivity index (χ4n) is 2.93. The Labute approximate surface area is 120 Å². The molecule has 2 atom stereocenters. The van der Waals surface area contributed by atoms with Crippen molar-refractivity contribution in [2.24, 2.45) is 5.92 Å². The first-order valence-electron chi connectivity index (χ1n) is 7.55. The van der Waals surface area contributed by atoms with Gasteiger partial charge >= 0.3 is 0 Å². The van der Waals surface area contributed by atoms with Gasteiger partial charge in [0, 0.05) is 18.3 Å². The second-order valence-corrected chi connectivity index (χ2v) is 5.50. The van der Waals surface area contributed by atoms with Crippen molar-refractivity contribution in [1.29, 1.82) is 0 Å². The van der Waals surface area contributed by atoms with Gasteiger partial charge < -0.3 is 10.1 Å². The molecule has 0 spiro atoms. The van der Waals surface area contributed by atoms with Crippen LogP contribution in [0.2, 0.25) is 0 Å². The highest BCUT2D eigenvalue weighted by atomic mass is 16.5. The summed E-state index contributed by atoms with van der Waals surface area (Å²) in [4.78, 5) is 16.3. The summed E-state index contributed by atoms with van der Waals surface area (Å²) in [5, 5.41) is 3.17. The van der Waals surface area contributed by atoms with Crippen LogP contribution in [0.15, 0.2) is 18.3 Å². The molecule has 1 aromatic rings. The van der Waals surface area contributed by atoms with Gasteiger partial charge in [-0.25, -0.2) is 4.98 Å². The summed E-state index contributed by atoms with van der Waals surface area (Å²) < 4.78 is 5.00. The Kier molecular flexibility index (Phi) is 5.39. The molecule has 1 saturated carbocycles. The van der Waals surface area contributed by atoms with E-state index in [2.05, 4.69) is 17.2 Å². The van der Waals surface area contributed by atoms with E-state index in [1.54, 1.807) is 25.4 Å². The third-order valence-electron chi connectivity index (χ3n) is 4.11. The maximum atomic E-state index is 12.2. The maximum Gasteiger partial charge on any atom is 0.253 e. The third-order valence-corrected chi connectivity index (χ3v) is 4.11.